The predicted octanol–water partition coefficient (Wildman–Crippen LogP) is -0.0362. The van der Waals surface area contributed by atoms with Crippen LogP contribution < -0.4 is 11.5 Å². The van der Waals surface area contributed by atoms with Crippen molar-refractivity contribution in [1.29, 1.82) is 0 Å². The third-order valence-electron chi connectivity index (χ3n) is 1.05. The van der Waals surface area contributed by atoms with Crippen LogP contribution in [-0.2, 0) is 0 Å². The van der Waals surface area contributed by atoms with Gasteiger partial charge in [0.2, 0.25) is 0 Å². The molecule has 4 nitrogen and oxygen atoms in total. The van der Waals surface area contributed by atoms with Gasteiger partial charge >= 0.3 is 0 Å². The van der Waals surface area contributed by atoms with Crippen molar-refractivity contribution in [2.75, 3.05) is 12.3 Å². The smallest absolute Gasteiger partial charge is 0.197 e. The van der Waals surface area contributed by atoms with E-state index in [-0.39, 0.29) is 0 Å². The molecule has 0 fully saturated rings. The molecule has 0 unspecified atom stereocenters. The van der Waals surface area contributed by atoms with E-state index in [1.165, 1.54) is 0 Å². The number of anilines is 1. The highest BCUT2D eigenvalue weighted by atomic mass is 15.0. The second-order valence-corrected chi connectivity index (χ2v) is 1.86. The molecule has 0 aliphatic carbocycles. The van der Waals surface area contributed by atoms with E-state index in [1.54, 1.807) is 6.20 Å². The zero-order valence-corrected chi connectivity index (χ0v) is 5.54. The average Bonchev–Trinajstić information content (AvgIpc) is 2.31. The van der Waals surface area contributed by atoms with Gasteiger partial charge in [0.05, 0.1) is 11.9 Å². The topological polar surface area (TPSA) is 80.7 Å². The Labute approximate surface area is 58.9 Å². The third kappa shape index (κ3) is 1.60. The standard InChI is InChI=1S/C6H10N4/c7-3-1-2-5-4-9-6(8)10-5/h1-2,4H,3,7H2,(H3,8,9,10)/b2-1-. The van der Waals surface area contributed by atoms with Crippen molar-refractivity contribution in [3.63, 3.8) is 0 Å². The average molecular weight is 138 g/mol. The Morgan fingerprint density at radius 1 is 1.70 bits per heavy atom. The Morgan fingerprint density at radius 2 is 2.50 bits per heavy atom. The fourth-order valence-corrected chi connectivity index (χ4v) is 0.631. The van der Waals surface area contributed by atoms with Gasteiger partial charge in [-0.2, -0.15) is 0 Å². The Kier molecular flexibility index (Phi) is 2.07. The van der Waals surface area contributed by atoms with Crippen molar-refractivity contribution in [3.05, 3.63) is 18.0 Å². The first kappa shape index (κ1) is 6.82. The van der Waals surface area contributed by atoms with Gasteiger partial charge < -0.3 is 16.5 Å². The summed E-state index contributed by atoms with van der Waals surface area (Å²) in [6, 6.07) is 0. The number of H-pyrrole nitrogens is 1. The molecule has 1 aromatic rings. The summed E-state index contributed by atoms with van der Waals surface area (Å²) in [4.78, 5) is 6.63. The fraction of sp³-hybridized carbons (Fsp3) is 0.167. The molecule has 0 saturated carbocycles. The van der Waals surface area contributed by atoms with E-state index in [4.69, 9.17) is 11.5 Å². The van der Waals surface area contributed by atoms with Gasteiger partial charge in [-0.15, -0.1) is 0 Å². The van der Waals surface area contributed by atoms with Crippen molar-refractivity contribution in [2.45, 2.75) is 0 Å². The lowest BCUT2D eigenvalue weighted by molar-refractivity contribution is 1.26. The van der Waals surface area contributed by atoms with E-state index in [9.17, 15) is 0 Å². The minimum Gasteiger partial charge on any atom is -0.369 e. The number of hydrogen-bond donors (Lipinski definition) is 3. The minimum atomic E-state index is 0.427. The Morgan fingerprint density at radius 3 is 3.00 bits per heavy atom. The number of nitrogen functional groups attached to an aromatic ring is 1. The second-order valence-electron chi connectivity index (χ2n) is 1.86. The van der Waals surface area contributed by atoms with E-state index >= 15 is 0 Å². The van der Waals surface area contributed by atoms with E-state index < -0.39 is 0 Å². The van der Waals surface area contributed by atoms with Gasteiger partial charge in [-0.1, -0.05) is 6.08 Å². The van der Waals surface area contributed by atoms with Crippen molar-refractivity contribution in [1.82, 2.24) is 9.97 Å². The summed E-state index contributed by atoms with van der Waals surface area (Å²) in [6.07, 6.45) is 5.32. The van der Waals surface area contributed by atoms with Gasteiger partial charge in [-0.05, 0) is 6.08 Å². The van der Waals surface area contributed by atoms with Crippen molar-refractivity contribution >= 4 is 12.0 Å². The number of nitrogens with zero attached hydrogens (tertiary/aromatic N) is 1. The molecule has 54 valence electrons. The lowest BCUT2D eigenvalue weighted by Crippen LogP contribution is -1.92. The van der Waals surface area contributed by atoms with Crippen LogP contribution in [0.15, 0.2) is 12.3 Å². The van der Waals surface area contributed by atoms with Crippen LogP contribution in [0.1, 0.15) is 5.69 Å². The number of aromatic nitrogens is 2. The second kappa shape index (κ2) is 3.03. The molecule has 0 bridgehead atoms. The lowest BCUT2D eigenvalue weighted by atomic mass is 10.4. The summed E-state index contributed by atoms with van der Waals surface area (Å²) in [7, 11) is 0. The molecule has 0 aliphatic heterocycles. The van der Waals surface area contributed by atoms with Crippen molar-refractivity contribution < 1.29 is 0 Å². The highest BCUT2D eigenvalue weighted by Gasteiger charge is 1.88. The summed E-state index contributed by atoms with van der Waals surface area (Å²) < 4.78 is 0. The van der Waals surface area contributed by atoms with Gasteiger partial charge in [0.1, 0.15) is 0 Å². The van der Waals surface area contributed by atoms with Crippen LogP contribution in [0.25, 0.3) is 6.08 Å². The van der Waals surface area contributed by atoms with Crippen LogP contribution >= 0.6 is 0 Å². The Balaban J connectivity index is 2.67. The minimum absolute atomic E-state index is 0.427. The van der Waals surface area contributed by atoms with Crippen LogP contribution in [-0.4, -0.2) is 16.5 Å². The van der Waals surface area contributed by atoms with E-state index in [0.29, 0.717) is 12.5 Å². The summed E-state index contributed by atoms with van der Waals surface area (Å²) in [5.74, 6) is 0.427. The van der Waals surface area contributed by atoms with Crippen LogP contribution in [0.4, 0.5) is 5.95 Å². The largest absolute Gasteiger partial charge is 0.369 e. The van der Waals surface area contributed by atoms with Crippen LogP contribution in [0.2, 0.25) is 0 Å². The Bertz CT molecular complexity index is 225. The van der Waals surface area contributed by atoms with Gasteiger partial charge in [-0.3, -0.25) is 0 Å². The summed E-state index contributed by atoms with van der Waals surface area (Å²) in [5.41, 5.74) is 11.4. The van der Waals surface area contributed by atoms with E-state index in [1.807, 2.05) is 12.2 Å². The molecule has 0 spiro atoms. The maximum Gasteiger partial charge on any atom is 0.197 e. The third-order valence-corrected chi connectivity index (χ3v) is 1.05. The molecular formula is C6H10N4. The van der Waals surface area contributed by atoms with E-state index in [0.717, 1.165) is 5.69 Å². The Hall–Kier alpha value is -1.29. The van der Waals surface area contributed by atoms with E-state index in [2.05, 4.69) is 9.97 Å². The quantitative estimate of drug-likeness (QED) is 0.536. The number of nitrogens with one attached hydrogen (secondary N) is 1. The first-order chi connectivity index (χ1) is 4.83. The maximum atomic E-state index is 5.32. The number of nitrogens with two attached hydrogens (primary N) is 2. The van der Waals surface area contributed by atoms with Gasteiger partial charge in [-0.25, -0.2) is 4.98 Å². The molecule has 0 saturated heterocycles. The first-order valence-corrected chi connectivity index (χ1v) is 3.00. The molecule has 1 heterocycles. The van der Waals surface area contributed by atoms with Gasteiger partial charge in [0.25, 0.3) is 0 Å². The van der Waals surface area contributed by atoms with Crippen LogP contribution in [0.5, 0.6) is 0 Å². The monoisotopic (exact) mass is 138 g/mol. The highest BCUT2D eigenvalue weighted by molar-refractivity contribution is 5.45. The molecule has 0 amide bonds. The lowest BCUT2D eigenvalue weighted by Gasteiger charge is -1.81. The molecular weight excluding hydrogens is 128 g/mol. The number of aromatic amines is 1. The number of hydrogen-bond acceptors (Lipinski definition) is 3. The molecule has 5 N–H and O–H groups in total. The molecule has 1 rings (SSSR count). The fourth-order valence-electron chi connectivity index (χ4n) is 0.631. The molecule has 1 aromatic heterocycles. The summed E-state index contributed by atoms with van der Waals surface area (Å²) >= 11 is 0. The number of imidazole rings is 1. The molecule has 4 heteroatoms. The highest BCUT2D eigenvalue weighted by Crippen LogP contribution is 1.98. The molecule has 10 heavy (non-hydrogen) atoms. The first-order valence-electron chi connectivity index (χ1n) is 3.00. The van der Waals surface area contributed by atoms with Crippen LogP contribution in [0, 0.1) is 0 Å². The van der Waals surface area contributed by atoms with Crippen molar-refractivity contribution in [2.24, 2.45) is 5.73 Å². The zero-order valence-electron chi connectivity index (χ0n) is 5.54. The SMILES string of the molecule is NC/C=C\c1cnc(N)[nH]1. The normalized spacial score (nSPS) is 10.9. The molecule has 0 atom stereocenters. The van der Waals surface area contributed by atoms with Crippen LogP contribution in [0.3, 0.4) is 0 Å². The molecule has 0 aliphatic rings. The zero-order chi connectivity index (χ0) is 7.40. The molecule has 0 aromatic carbocycles. The van der Waals surface area contributed by atoms with Gasteiger partial charge in [0.15, 0.2) is 5.95 Å². The van der Waals surface area contributed by atoms with Crippen molar-refractivity contribution in [3.8, 4) is 0 Å². The predicted molar refractivity (Wildman–Crippen MR) is 41.1 cm³/mol. The summed E-state index contributed by atoms with van der Waals surface area (Å²) in [5, 5.41) is 0. The summed E-state index contributed by atoms with van der Waals surface area (Å²) in [6.45, 7) is 0.527. The number of rotatable bonds is 2. The maximum absolute atomic E-state index is 5.32. The molecule has 0 radical (unpaired) electrons. The van der Waals surface area contributed by atoms with Gasteiger partial charge in [0, 0.05) is 6.54 Å².